The van der Waals surface area contributed by atoms with Crippen LogP contribution in [0.3, 0.4) is 0 Å². The maximum absolute atomic E-state index is 13.1. The Morgan fingerprint density at radius 3 is 2.48 bits per heavy atom. The summed E-state index contributed by atoms with van der Waals surface area (Å²) in [5.41, 5.74) is 0.555. The van der Waals surface area contributed by atoms with Gasteiger partial charge in [-0.15, -0.1) is 11.3 Å². The van der Waals surface area contributed by atoms with Crippen molar-refractivity contribution in [1.82, 2.24) is 4.98 Å². The summed E-state index contributed by atoms with van der Waals surface area (Å²) in [5.74, 6) is 0.170. The molecule has 1 aromatic heterocycles. The summed E-state index contributed by atoms with van der Waals surface area (Å²) in [5, 5.41) is 5.55. The fraction of sp³-hybridized carbons (Fsp3) is 0.450. The molecule has 2 fully saturated rings. The third kappa shape index (κ3) is 2.08. The van der Waals surface area contributed by atoms with Gasteiger partial charge in [-0.25, -0.2) is 4.98 Å². The number of Topliss-reactive ketones (excluding diaryl/α,β-unsaturated/α-hetero) is 1. The Balaban J connectivity index is 1.60. The molecular formula is C20H22N2O2S. The van der Waals surface area contributed by atoms with Crippen LogP contribution in [0.25, 0.3) is 11.3 Å². The molecule has 0 radical (unpaired) electrons. The van der Waals surface area contributed by atoms with Gasteiger partial charge in [-0.05, 0) is 18.3 Å². The number of benzene rings is 1. The van der Waals surface area contributed by atoms with Crippen molar-refractivity contribution >= 4 is 28.2 Å². The van der Waals surface area contributed by atoms with Crippen LogP contribution in [-0.4, -0.2) is 16.7 Å². The lowest BCUT2D eigenvalue weighted by atomic mass is 9.64. The normalized spacial score (nSPS) is 29.8. The highest BCUT2D eigenvalue weighted by Gasteiger charge is 2.72. The maximum Gasteiger partial charge on any atom is 0.233 e. The fourth-order valence-electron chi connectivity index (χ4n) is 4.65. The topological polar surface area (TPSA) is 59.1 Å². The van der Waals surface area contributed by atoms with E-state index in [9.17, 15) is 9.59 Å². The zero-order valence-electron chi connectivity index (χ0n) is 14.8. The quantitative estimate of drug-likeness (QED) is 0.881. The molecule has 4 rings (SSSR count). The molecule has 4 nitrogen and oxygen atoms in total. The van der Waals surface area contributed by atoms with E-state index in [2.05, 4.69) is 24.1 Å². The molecule has 0 saturated heterocycles. The van der Waals surface area contributed by atoms with E-state index in [1.54, 1.807) is 0 Å². The zero-order chi connectivity index (χ0) is 17.9. The van der Waals surface area contributed by atoms with Crippen molar-refractivity contribution in [2.75, 3.05) is 5.32 Å². The average molecular weight is 354 g/mol. The molecule has 1 amide bonds. The minimum absolute atomic E-state index is 0.0546. The van der Waals surface area contributed by atoms with E-state index in [1.807, 2.05) is 42.6 Å². The van der Waals surface area contributed by atoms with Crippen LogP contribution in [0, 0.1) is 16.2 Å². The summed E-state index contributed by atoms with van der Waals surface area (Å²) >= 11 is 1.43. The molecule has 130 valence electrons. The van der Waals surface area contributed by atoms with Gasteiger partial charge < -0.3 is 5.32 Å². The SMILES string of the molecule is CC1(C)[C@]2(C(=O)Nc3nc(-c4ccccc4)cs3)CC[C@@]1(C)C(=O)C2. The van der Waals surface area contributed by atoms with E-state index in [4.69, 9.17) is 0 Å². The van der Waals surface area contributed by atoms with E-state index in [0.717, 1.165) is 24.1 Å². The van der Waals surface area contributed by atoms with Gasteiger partial charge in [0.25, 0.3) is 0 Å². The highest BCUT2D eigenvalue weighted by Crippen LogP contribution is 2.70. The lowest BCUT2D eigenvalue weighted by molar-refractivity contribution is -0.131. The number of hydrogen-bond acceptors (Lipinski definition) is 4. The van der Waals surface area contributed by atoms with Crippen LogP contribution in [0.5, 0.6) is 0 Å². The van der Waals surface area contributed by atoms with Crippen LogP contribution < -0.4 is 5.32 Å². The lowest BCUT2D eigenvalue weighted by Gasteiger charge is -2.38. The number of rotatable bonds is 3. The van der Waals surface area contributed by atoms with Crippen molar-refractivity contribution in [3.05, 3.63) is 35.7 Å². The van der Waals surface area contributed by atoms with Crippen molar-refractivity contribution < 1.29 is 9.59 Å². The second-order valence-electron chi connectivity index (χ2n) is 8.00. The molecule has 2 aromatic rings. The van der Waals surface area contributed by atoms with E-state index in [1.165, 1.54) is 11.3 Å². The molecule has 2 aliphatic carbocycles. The van der Waals surface area contributed by atoms with Crippen LogP contribution in [0.2, 0.25) is 0 Å². The third-order valence-corrected chi connectivity index (χ3v) is 7.69. The van der Waals surface area contributed by atoms with Crippen molar-refractivity contribution in [2.24, 2.45) is 16.2 Å². The van der Waals surface area contributed by atoms with Gasteiger partial charge in [0, 0.05) is 22.8 Å². The molecule has 25 heavy (non-hydrogen) atoms. The van der Waals surface area contributed by atoms with Gasteiger partial charge in [0.15, 0.2) is 5.13 Å². The molecule has 0 unspecified atom stereocenters. The van der Waals surface area contributed by atoms with E-state index in [-0.39, 0.29) is 22.5 Å². The van der Waals surface area contributed by atoms with Crippen LogP contribution >= 0.6 is 11.3 Å². The van der Waals surface area contributed by atoms with Gasteiger partial charge in [-0.1, -0.05) is 51.1 Å². The minimum atomic E-state index is -0.614. The number of carbonyl (C=O) groups excluding carboxylic acids is 2. The first kappa shape index (κ1) is 16.5. The molecular weight excluding hydrogens is 332 g/mol. The summed E-state index contributed by atoms with van der Waals surface area (Å²) in [6.45, 7) is 6.16. The first-order valence-electron chi connectivity index (χ1n) is 8.66. The predicted octanol–water partition coefficient (Wildman–Crippen LogP) is 4.53. The fourth-order valence-corrected chi connectivity index (χ4v) is 5.36. The molecule has 1 N–H and O–H groups in total. The first-order valence-corrected chi connectivity index (χ1v) is 9.54. The van der Waals surface area contributed by atoms with Crippen molar-refractivity contribution in [3.8, 4) is 11.3 Å². The largest absolute Gasteiger partial charge is 0.301 e. The number of amides is 1. The Bertz CT molecular complexity index is 858. The van der Waals surface area contributed by atoms with E-state index in [0.29, 0.717) is 11.6 Å². The molecule has 0 aliphatic heterocycles. The summed E-state index contributed by atoms with van der Waals surface area (Å²) in [6, 6.07) is 9.91. The number of ketones is 1. The highest BCUT2D eigenvalue weighted by molar-refractivity contribution is 7.14. The Morgan fingerprint density at radius 2 is 1.88 bits per heavy atom. The third-order valence-electron chi connectivity index (χ3n) is 6.93. The number of nitrogens with zero attached hydrogens (tertiary/aromatic N) is 1. The molecule has 1 aromatic carbocycles. The van der Waals surface area contributed by atoms with Gasteiger partial charge in [0.1, 0.15) is 5.78 Å². The number of anilines is 1. The smallest absolute Gasteiger partial charge is 0.233 e. The average Bonchev–Trinajstić information content (AvgIpc) is 3.17. The van der Waals surface area contributed by atoms with Gasteiger partial charge in [0.2, 0.25) is 5.91 Å². The summed E-state index contributed by atoms with van der Waals surface area (Å²) in [7, 11) is 0. The van der Waals surface area contributed by atoms with E-state index < -0.39 is 5.41 Å². The van der Waals surface area contributed by atoms with Crippen LogP contribution in [-0.2, 0) is 9.59 Å². The Kier molecular flexibility index (Phi) is 3.45. The summed E-state index contributed by atoms with van der Waals surface area (Å²) in [6.07, 6.45) is 1.91. The van der Waals surface area contributed by atoms with Crippen molar-refractivity contribution in [2.45, 2.75) is 40.0 Å². The van der Waals surface area contributed by atoms with Gasteiger partial charge in [-0.3, -0.25) is 9.59 Å². The standard InChI is InChI=1S/C20H22N2O2S/c1-18(2)19(3)9-10-20(18,11-15(19)23)16(24)22-17-21-14(12-25-17)13-7-5-4-6-8-13/h4-8,12H,9-11H2,1-3H3,(H,21,22,24)/t19-,20+/m0/s1. The number of thiazole rings is 1. The molecule has 5 heteroatoms. The van der Waals surface area contributed by atoms with Gasteiger partial charge in [-0.2, -0.15) is 0 Å². The summed E-state index contributed by atoms with van der Waals surface area (Å²) in [4.78, 5) is 30.2. The molecule has 2 bridgehead atoms. The summed E-state index contributed by atoms with van der Waals surface area (Å²) < 4.78 is 0. The van der Waals surface area contributed by atoms with Crippen molar-refractivity contribution in [3.63, 3.8) is 0 Å². The van der Waals surface area contributed by atoms with Gasteiger partial charge in [0.05, 0.1) is 11.1 Å². The number of aromatic nitrogens is 1. The molecule has 1 heterocycles. The van der Waals surface area contributed by atoms with Crippen molar-refractivity contribution in [1.29, 1.82) is 0 Å². The van der Waals surface area contributed by atoms with Crippen LogP contribution in [0.15, 0.2) is 35.7 Å². The van der Waals surface area contributed by atoms with Crippen LogP contribution in [0.4, 0.5) is 5.13 Å². The number of nitrogens with one attached hydrogen (secondary N) is 1. The first-order chi connectivity index (χ1) is 11.8. The molecule has 2 aliphatic rings. The predicted molar refractivity (Wildman–Crippen MR) is 99.4 cm³/mol. The second-order valence-corrected chi connectivity index (χ2v) is 8.86. The highest BCUT2D eigenvalue weighted by atomic mass is 32.1. The maximum atomic E-state index is 13.1. The minimum Gasteiger partial charge on any atom is -0.301 e. The Hall–Kier alpha value is -2.01. The van der Waals surface area contributed by atoms with E-state index >= 15 is 0 Å². The Morgan fingerprint density at radius 1 is 1.16 bits per heavy atom. The number of fused-ring (bicyclic) bond motifs is 2. The molecule has 2 saturated carbocycles. The lowest BCUT2D eigenvalue weighted by Crippen LogP contribution is -2.43. The Labute approximate surface area is 151 Å². The monoisotopic (exact) mass is 354 g/mol. The second kappa shape index (κ2) is 5.24. The number of carbonyl (C=O) groups is 2. The van der Waals surface area contributed by atoms with Gasteiger partial charge >= 0.3 is 0 Å². The zero-order valence-corrected chi connectivity index (χ0v) is 15.6. The van der Waals surface area contributed by atoms with Crippen LogP contribution in [0.1, 0.15) is 40.0 Å². The molecule has 0 spiro atoms. The molecule has 2 atom stereocenters. The number of hydrogen-bond donors (Lipinski definition) is 1.